The Morgan fingerprint density at radius 1 is 1.28 bits per heavy atom. The zero-order chi connectivity index (χ0) is 21.1. The van der Waals surface area contributed by atoms with Gasteiger partial charge in [-0.15, -0.1) is 16.4 Å². The second-order valence-corrected chi connectivity index (χ2v) is 8.77. The number of thiophene rings is 1. The topological polar surface area (TPSA) is 98.5 Å². The van der Waals surface area contributed by atoms with Crippen LogP contribution in [0.5, 0.6) is 0 Å². The summed E-state index contributed by atoms with van der Waals surface area (Å²) in [6.07, 6.45) is 0. The number of anilines is 1. The van der Waals surface area contributed by atoms with E-state index in [1.54, 1.807) is 17.5 Å². The number of aryl methyl sites for hydroxylation is 2. The molecule has 0 bridgehead atoms. The van der Waals surface area contributed by atoms with Gasteiger partial charge in [0.05, 0.1) is 17.9 Å². The first-order chi connectivity index (χ1) is 13.8. The highest BCUT2D eigenvalue weighted by molar-refractivity contribution is 7.99. The summed E-state index contributed by atoms with van der Waals surface area (Å²) in [6, 6.07) is 3.71. The number of esters is 1. The zero-order valence-electron chi connectivity index (χ0n) is 17.0. The first kappa shape index (κ1) is 21.3. The van der Waals surface area contributed by atoms with E-state index >= 15 is 0 Å². The summed E-state index contributed by atoms with van der Waals surface area (Å²) >= 11 is 2.61. The molecule has 1 amide bonds. The van der Waals surface area contributed by atoms with Crippen LogP contribution in [0.15, 0.2) is 17.3 Å². The zero-order valence-corrected chi connectivity index (χ0v) is 18.6. The minimum absolute atomic E-state index is 0.117. The third-order valence-electron chi connectivity index (χ3n) is 4.00. The van der Waals surface area contributed by atoms with Crippen molar-refractivity contribution in [2.24, 2.45) is 0 Å². The van der Waals surface area contributed by atoms with Crippen LogP contribution in [-0.4, -0.2) is 43.8 Å². The molecule has 0 aromatic carbocycles. The van der Waals surface area contributed by atoms with Crippen LogP contribution < -0.4 is 5.32 Å². The number of hydrogen-bond donors (Lipinski definition) is 1. The molecule has 0 saturated heterocycles. The predicted octanol–water partition coefficient (Wildman–Crippen LogP) is 3.83. The Labute approximate surface area is 177 Å². The molecule has 0 atom stereocenters. The normalized spacial score (nSPS) is 11.2. The van der Waals surface area contributed by atoms with Crippen molar-refractivity contribution in [1.82, 2.24) is 19.6 Å². The molecule has 8 nitrogen and oxygen atoms in total. The predicted molar refractivity (Wildman–Crippen MR) is 114 cm³/mol. The van der Waals surface area contributed by atoms with Gasteiger partial charge in [0.25, 0.3) is 5.78 Å². The van der Waals surface area contributed by atoms with Gasteiger partial charge in [0.1, 0.15) is 5.00 Å². The van der Waals surface area contributed by atoms with Gasteiger partial charge in [0, 0.05) is 16.3 Å². The Balaban J connectivity index is 1.71. The Kier molecular flexibility index (Phi) is 6.53. The van der Waals surface area contributed by atoms with Crippen LogP contribution in [0.1, 0.15) is 53.3 Å². The Morgan fingerprint density at radius 3 is 2.72 bits per heavy atom. The molecule has 0 aliphatic rings. The maximum Gasteiger partial charge on any atom is 0.341 e. The van der Waals surface area contributed by atoms with Gasteiger partial charge in [0.15, 0.2) is 0 Å². The lowest BCUT2D eigenvalue weighted by molar-refractivity contribution is -0.113. The van der Waals surface area contributed by atoms with Crippen LogP contribution >= 0.6 is 23.1 Å². The lowest BCUT2D eigenvalue weighted by atomic mass is 10.1. The van der Waals surface area contributed by atoms with Gasteiger partial charge in [0.2, 0.25) is 11.1 Å². The van der Waals surface area contributed by atoms with Gasteiger partial charge in [-0.25, -0.2) is 14.3 Å². The van der Waals surface area contributed by atoms with E-state index in [0.717, 1.165) is 16.3 Å². The van der Waals surface area contributed by atoms with E-state index in [1.165, 1.54) is 23.1 Å². The summed E-state index contributed by atoms with van der Waals surface area (Å²) in [6.45, 7) is 9.93. The van der Waals surface area contributed by atoms with E-state index in [9.17, 15) is 9.59 Å². The van der Waals surface area contributed by atoms with Crippen molar-refractivity contribution in [1.29, 1.82) is 0 Å². The summed E-state index contributed by atoms with van der Waals surface area (Å²) in [5.41, 5.74) is 2.18. The van der Waals surface area contributed by atoms with Crippen molar-refractivity contribution >= 4 is 45.8 Å². The van der Waals surface area contributed by atoms with Crippen molar-refractivity contribution in [3.8, 4) is 0 Å². The van der Waals surface area contributed by atoms with Crippen molar-refractivity contribution < 1.29 is 14.3 Å². The molecule has 3 aromatic rings. The number of carbonyl (C=O) groups is 2. The number of hydrogen-bond acceptors (Lipinski definition) is 8. The number of fused-ring (bicyclic) bond motifs is 1. The minimum Gasteiger partial charge on any atom is -0.462 e. The molecular weight excluding hydrogens is 410 g/mol. The lowest BCUT2D eigenvalue weighted by Gasteiger charge is -2.05. The van der Waals surface area contributed by atoms with E-state index in [1.807, 2.05) is 33.8 Å². The fourth-order valence-corrected chi connectivity index (χ4v) is 4.33. The third-order valence-corrected chi connectivity index (χ3v) is 6.19. The van der Waals surface area contributed by atoms with Crippen molar-refractivity contribution in [2.45, 2.75) is 45.7 Å². The fraction of sp³-hybridized carbons (Fsp3) is 0.421. The number of rotatable bonds is 7. The number of nitrogens with zero attached hydrogens (tertiary/aromatic N) is 4. The number of carbonyl (C=O) groups excluding carboxylic acids is 2. The summed E-state index contributed by atoms with van der Waals surface area (Å²) in [4.78, 5) is 34.4. The molecule has 154 valence electrons. The fourth-order valence-electron chi connectivity index (χ4n) is 2.65. The highest BCUT2D eigenvalue weighted by Gasteiger charge is 2.20. The van der Waals surface area contributed by atoms with Crippen molar-refractivity contribution in [3.63, 3.8) is 0 Å². The van der Waals surface area contributed by atoms with Crippen LogP contribution in [-0.2, 0) is 9.53 Å². The van der Waals surface area contributed by atoms with Gasteiger partial charge < -0.3 is 10.1 Å². The van der Waals surface area contributed by atoms with Crippen LogP contribution in [0.25, 0.3) is 5.78 Å². The first-order valence-electron chi connectivity index (χ1n) is 9.23. The average Bonchev–Trinajstić information content (AvgIpc) is 3.24. The Morgan fingerprint density at radius 2 is 2.03 bits per heavy atom. The average molecular weight is 434 g/mol. The van der Waals surface area contributed by atoms with E-state index in [-0.39, 0.29) is 24.2 Å². The monoisotopic (exact) mass is 433 g/mol. The van der Waals surface area contributed by atoms with Crippen molar-refractivity contribution in [3.05, 3.63) is 34.0 Å². The Bertz CT molecular complexity index is 1060. The molecular formula is C19H23N5O3S2. The number of amides is 1. The molecule has 3 heterocycles. The second-order valence-electron chi connectivity index (χ2n) is 6.75. The number of thioether (sulfide) groups is 1. The summed E-state index contributed by atoms with van der Waals surface area (Å²) in [5.74, 6) is 0.200. The first-order valence-corrected chi connectivity index (χ1v) is 11.0. The lowest BCUT2D eigenvalue weighted by Crippen LogP contribution is -2.16. The quantitative estimate of drug-likeness (QED) is 0.446. The van der Waals surface area contributed by atoms with Gasteiger partial charge >= 0.3 is 5.97 Å². The van der Waals surface area contributed by atoms with Crippen LogP contribution in [0.2, 0.25) is 0 Å². The maximum atomic E-state index is 12.5. The molecule has 0 fully saturated rings. The smallest absolute Gasteiger partial charge is 0.341 e. The van der Waals surface area contributed by atoms with Gasteiger partial charge in [-0.3, -0.25) is 4.79 Å². The van der Waals surface area contributed by atoms with Crippen LogP contribution in [0.4, 0.5) is 5.00 Å². The molecule has 10 heteroatoms. The molecule has 0 aliphatic heterocycles. The van der Waals surface area contributed by atoms with Crippen LogP contribution in [0, 0.1) is 13.8 Å². The minimum atomic E-state index is -0.433. The maximum absolute atomic E-state index is 12.5. The molecule has 3 aromatic heterocycles. The molecule has 0 radical (unpaired) electrons. The largest absolute Gasteiger partial charge is 0.462 e. The van der Waals surface area contributed by atoms with Gasteiger partial charge in [-0.1, -0.05) is 25.6 Å². The van der Waals surface area contributed by atoms with Gasteiger partial charge in [-0.2, -0.15) is 4.98 Å². The second kappa shape index (κ2) is 8.91. The molecule has 0 saturated carbocycles. The van der Waals surface area contributed by atoms with E-state index in [0.29, 0.717) is 21.5 Å². The summed E-state index contributed by atoms with van der Waals surface area (Å²) in [7, 11) is 0. The molecule has 0 aliphatic carbocycles. The number of nitrogens with one attached hydrogen (secondary N) is 1. The molecule has 29 heavy (non-hydrogen) atoms. The standard InChI is InChI=1S/C19H23N5O3S2/c1-6-27-17(26)13-8-14(10(2)3)29-16(13)21-15(25)9-28-19-22-18-20-11(4)7-12(5)24(18)23-19/h7-8,10H,6,9H2,1-5H3,(H,21,25). The summed E-state index contributed by atoms with van der Waals surface area (Å²) in [5, 5.41) is 8.20. The Hall–Kier alpha value is -2.46. The molecule has 0 unspecified atom stereocenters. The van der Waals surface area contributed by atoms with Crippen LogP contribution in [0.3, 0.4) is 0 Å². The van der Waals surface area contributed by atoms with Crippen molar-refractivity contribution in [2.75, 3.05) is 17.7 Å². The molecule has 1 N–H and O–H groups in total. The van der Waals surface area contributed by atoms with E-state index in [2.05, 4.69) is 20.4 Å². The van der Waals surface area contributed by atoms with E-state index < -0.39 is 5.97 Å². The molecule has 0 spiro atoms. The number of aromatic nitrogens is 4. The molecule has 3 rings (SSSR count). The SMILES string of the molecule is CCOC(=O)c1cc(C(C)C)sc1NC(=O)CSc1nc2nc(C)cc(C)n2n1. The summed E-state index contributed by atoms with van der Waals surface area (Å²) < 4.78 is 6.76. The third kappa shape index (κ3) is 4.94. The van der Waals surface area contributed by atoms with Gasteiger partial charge in [-0.05, 0) is 38.8 Å². The number of ether oxygens (including phenoxy) is 1. The highest BCUT2D eigenvalue weighted by Crippen LogP contribution is 2.33. The van der Waals surface area contributed by atoms with E-state index in [4.69, 9.17) is 4.74 Å². The highest BCUT2D eigenvalue weighted by atomic mass is 32.2.